The highest BCUT2D eigenvalue weighted by atomic mass is 32.2. The number of sulfonamides is 1. The average Bonchev–Trinajstić information content (AvgIpc) is 2.21. The standard InChI is InChI=1S/C10H17N3O3S2/c1-8(2)7-13-4-3-12-9(10(13)14)17-5-6-18(11,15)16/h3-4,8H,5-7H2,1-2H3,(H2,11,15,16). The second-order valence-corrected chi connectivity index (χ2v) is 7.12. The Morgan fingerprint density at radius 3 is 2.72 bits per heavy atom. The molecule has 2 N–H and O–H groups in total. The maximum Gasteiger partial charge on any atom is 0.283 e. The molecular formula is C10H17N3O3S2. The zero-order chi connectivity index (χ0) is 13.8. The number of thioether (sulfide) groups is 1. The van der Waals surface area contributed by atoms with Gasteiger partial charge < -0.3 is 4.57 Å². The lowest BCUT2D eigenvalue weighted by Gasteiger charge is -2.09. The lowest BCUT2D eigenvalue weighted by molar-refractivity contribution is 0.502. The fourth-order valence-corrected chi connectivity index (χ4v) is 3.15. The van der Waals surface area contributed by atoms with Gasteiger partial charge in [0.25, 0.3) is 5.56 Å². The Hall–Kier alpha value is -0.860. The topological polar surface area (TPSA) is 95.1 Å². The molecule has 0 saturated heterocycles. The summed E-state index contributed by atoms with van der Waals surface area (Å²) in [5.74, 6) is 0.414. The molecule has 102 valence electrons. The van der Waals surface area contributed by atoms with Crippen LogP contribution in [0.25, 0.3) is 0 Å². The lowest BCUT2D eigenvalue weighted by atomic mass is 10.2. The van der Waals surface area contributed by atoms with Crippen molar-refractivity contribution in [2.75, 3.05) is 11.5 Å². The van der Waals surface area contributed by atoms with Crippen molar-refractivity contribution in [3.63, 3.8) is 0 Å². The Bertz CT molecular complexity index is 552. The normalized spacial score (nSPS) is 12.0. The van der Waals surface area contributed by atoms with Crippen LogP contribution in [0.5, 0.6) is 0 Å². The highest BCUT2D eigenvalue weighted by Gasteiger charge is 2.09. The maximum atomic E-state index is 12.0. The van der Waals surface area contributed by atoms with Crippen LogP contribution in [0, 0.1) is 5.92 Å². The van der Waals surface area contributed by atoms with Crippen molar-refractivity contribution in [2.24, 2.45) is 11.1 Å². The van der Waals surface area contributed by atoms with E-state index in [1.54, 1.807) is 17.0 Å². The third kappa shape index (κ3) is 5.19. The van der Waals surface area contributed by atoms with Crippen LogP contribution in [0.1, 0.15) is 13.8 Å². The number of primary sulfonamides is 1. The summed E-state index contributed by atoms with van der Waals surface area (Å²) >= 11 is 1.11. The largest absolute Gasteiger partial charge is 0.311 e. The summed E-state index contributed by atoms with van der Waals surface area (Å²) in [6, 6.07) is 0. The summed E-state index contributed by atoms with van der Waals surface area (Å²) in [5, 5.41) is 5.20. The number of nitrogens with two attached hydrogens (primary N) is 1. The minimum atomic E-state index is -3.49. The summed E-state index contributed by atoms with van der Waals surface area (Å²) in [5.41, 5.74) is -0.189. The molecule has 1 aromatic rings. The summed E-state index contributed by atoms with van der Waals surface area (Å²) in [6.45, 7) is 4.64. The molecule has 0 atom stereocenters. The molecule has 0 radical (unpaired) electrons. The number of hydrogen-bond acceptors (Lipinski definition) is 5. The number of hydrogen-bond donors (Lipinski definition) is 1. The van der Waals surface area contributed by atoms with Gasteiger partial charge in [-0.1, -0.05) is 25.6 Å². The first-order valence-electron chi connectivity index (χ1n) is 5.48. The van der Waals surface area contributed by atoms with Gasteiger partial charge in [0, 0.05) is 24.7 Å². The summed E-state index contributed by atoms with van der Waals surface area (Å²) in [6.07, 6.45) is 3.18. The monoisotopic (exact) mass is 291 g/mol. The van der Waals surface area contributed by atoms with Crippen LogP contribution in [0.15, 0.2) is 22.2 Å². The van der Waals surface area contributed by atoms with Gasteiger partial charge in [0.1, 0.15) is 0 Å². The van der Waals surface area contributed by atoms with E-state index < -0.39 is 10.0 Å². The first-order chi connectivity index (χ1) is 8.29. The molecule has 0 unspecified atom stereocenters. The van der Waals surface area contributed by atoms with Crippen LogP contribution in [0.2, 0.25) is 0 Å². The molecule has 1 heterocycles. The number of nitrogens with zero attached hydrogens (tertiary/aromatic N) is 2. The van der Waals surface area contributed by atoms with Crippen LogP contribution in [0.4, 0.5) is 0 Å². The van der Waals surface area contributed by atoms with Crippen LogP contribution >= 0.6 is 11.8 Å². The molecule has 0 fully saturated rings. The van der Waals surface area contributed by atoms with E-state index in [0.717, 1.165) is 11.8 Å². The highest BCUT2D eigenvalue weighted by Crippen LogP contribution is 2.10. The molecular weight excluding hydrogens is 274 g/mol. The first kappa shape index (κ1) is 15.2. The Morgan fingerprint density at radius 2 is 2.17 bits per heavy atom. The molecule has 6 nitrogen and oxygen atoms in total. The Morgan fingerprint density at radius 1 is 1.50 bits per heavy atom. The van der Waals surface area contributed by atoms with Gasteiger partial charge >= 0.3 is 0 Å². The zero-order valence-electron chi connectivity index (χ0n) is 10.4. The highest BCUT2D eigenvalue weighted by molar-refractivity contribution is 8.00. The Balaban J connectivity index is 2.75. The van der Waals surface area contributed by atoms with Crippen molar-refractivity contribution in [1.29, 1.82) is 0 Å². The second kappa shape index (κ2) is 6.35. The van der Waals surface area contributed by atoms with Crippen molar-refractivity contribution in [3.05, 3.63) is 22.7 Å². The maximum absolute atomic E-state index is 12.0. The smallest absolute Gasteiger partial charge is 0.283 e. The summed E-state index contributed by atoms with van der Waals surface area (Å²) in [4.78, 5) is 15.9. The van der Waals surface area contributed by atoms with Crippen molar-refractivity contribution in [3.8, 4) is 0 Å². The SMILES string of the molecule is CC(C)Cn1ccnc(SCCS(N)(=O)=O)c1=O. The van der Waals surface area contributed by atoms with E-state index >= 15 is 0 Å². The number of rotatable bonds is 6. The fourth-order valence-electron chi connectivity index (χ4n) is 1.32. The molecule has 0 aliphatic carbocycles. The molecule has 0 spiro atoms. The zero-order valence-corrected chi connectivity index (χ0v) is 12.0. The van der Waals surface area contributed by atoms with Gasteiger partial charge in [-0.2, -0.15) is 0 Å². The van der Waals surface area contributed by atoms with E-state index in [-0.39, 0.29) is 17.1 Å². The van der Waals surface area contributed by atoms with Gasteiger partial charge in [-0.3, -0.25) is 4.79 Å². The summed E-state index contributed by atoms with van der Waals surface area (Å²) < 4.78 is 23.1. The third-order valence-corrected chi connectivity index (χ3v) is 4.04. The molecule has 1 aromatic heterocycles. The lowest BCUT2D eigenvalue weighted by Crippen LogP contribution is -2.24. The Kier molecular flexibility index (Phi) is 5.36. The summed E-state index contributed by atoms with van der Waals surface area (Å²) in [7, 11) is -3.49. The molecule has 1 rings (SSSR count). The van der Waals surface area contributed by atoms with Crippen LogP contribution in [0.3, 0.4) is 0 Å². The predicted octanol–water partition coefficient (Wildman–Crippen LogP) is 0.280. The average molecular weight is 291 g/mol. The molecule has 18 heavy (non-hydrogen) atoms. The molecule has 0 saturated carbocycles. The van der Waals surface area contributed by atoms with E-state index in [0.29, 0.717) is 17.5 Å². The van der Waals surface area contributed by atoms with Gasteiger partial charge in [-0.25, -0.2) is 18.5 Å². The minimum Gasteiger partial charge on any atom is -0.311 e. The van der Waals surface area contributed by atoms with Crippen molar-refractivity contribution >= 4 is 21.8 Å². The molecule has 0 amide bonds. The van der Waals surface area contributed by atoms with E-state index in [1.807, 2.05) is 13.8 Å². The van der Waals surface area contributed by atoms with Crippen molar-refractivity contribution in [2.45, 2.75) is 25.4 Å². The molecule has 8 heteroatoms. The fraction of sp³-hybridized carbons (Fsp3) is 0.600. The molecule has 0 bridgehead atoms. The number of aromatic nitrogens is 2. The van der Waals surface area contributed by atoms with E-state index in [2.05, 4.69) is 4.98 Å². The molecule has 0 aliphatic heterocycles. The minimum absolute atomic E-state index is 0.169. The van der Waals surface area contributed by atoms with E-state index in [4.69, 9.17) is 5.14 Å². The predicted molar refractivity (Wildman–Crippen MR) is 72.0 cm³/mol. The molecule has 0 aromatic carbocycles. The van der Waals surface area contributed by atoms with Crippen LogP contribution < -0.4 is 10.7 Å². The van der Waals surface area contributed by atoms with Gasteiger partial charge in [-0.15, -0.1) is 0 Å². The Labute approximate surface area is 111 Å². The quantitative estimate of drug-likeness (QED) is 0.760. The molecule has 0 aliphatic rings. The third-order valence-electron chi connectivity index (χ3n) is 2.05. The van der Waals surface area contributed by atoms with Gasteiger partial charge in [0.05, 0.1) is 5.75 Å². The van der Waals surface area contributed by atoms with Crippen molar-refractivity contribution in [1.82, 2.24) is 9.55 Å². The van der Waals surface area contributed by atoms with E-state index in [9.17, 15) is 13.2 Å². The van der Waals surface area contributed by atoms with Gasteiger partial charge in [0.2, 0.25) is 10.0 Å². The van der Waals surface area contributed by atoms with Gasteiger partial charge in [-0.05, 0) is 5.92 Å². The van der Waals surface area contributed by atoms with Crippen LogP contribution in [-0.2, 0) is 16.6 Å². The first-order valence-corrected chi connectivity index (χ1v) is 8.18. The van der Waals surface area contributed by atoms with Gasteiger partial charge in [0.15, 0.2) is 5.03 Å². The van der Waals surface area contributed by atoms with Crippen molar-refractivity contribution < 1.29 is 8.42 Å². The second-order valence-electron chi connectivity index (χ2n) is 4.30. The van der Waals surface area contributed by atoms with Crippen LogP contribution in [-0.4, -0.2) is 29.5 Å². The van der Waals surface area contributed by atoms with E-state index in [1.165, 1.54) is 0 Å².